The number of nitrogens with two attached hydrogens (primary N) is 1. The molecule has 13 nitrogen and oxygen atoms in total. The Hall–Kier alpha value is -4.21. The van der Waals surface area contributed by atoms with Crippen LogP contribution in [0.3, 0.4) is 0 Å². The van der Waals surface area contributed by atoms with Crippen LogP contribution in [0.1, 0.15) is 27.3 Å². The Kier molecular flexibility index (Phi) is 8.19. The molecule has 0 spiro atoms. The first-order valence-electron chi connectivity index (χ1n) is 11.8. The maximum Gasteiger partial charge on any atom is 0.292 e. The van der Waals surface area contributed by atoms with Crippen molar-refractivity contribution in [2.24, 2.45) is 5.10 Å². The van der Waals surface area contributed by atoms with Crippen molar-refractivity contribution in [3.63, 3.8) is 0 Å². The molecule has 0 radical (unpaired) electrons. The lowest BCUT2D eigenvalue weighted by Crippen LogP contribution is -2.36. The number of aromatic nitrogens is 5. The predicted octanol–water partition coefficient (Wildman–Crippen LogP) is 2.31. The Morgan fingerprint density at radius 1 is 1.23 bits per heavy atom. The highest BCUT2D eigenvalue weighted by molar-refractivity contribution is 9.10. The number of hydrogen-bond acceptors (Lipinski definition) is 11. The number of ether oxygens (including phenoxy) is 2. The van der Waals surface area contributed by atoms with Crippen molar-refractivity contribution in [2.75, 3.05) is 32.0 Å². The van der Waals surface area contributed by atoms with E-state index in [0.717, 1.165) is 4.47 Å². The summed E-state index contributed by atoms with van der Waals surface area (Å²) in [6.07, 6.45) is 1.44. The van der Waals surface area contributed by atoms with E-state index in [1.54, 1.807) is 30.3 Å². The number of carbonyl (C=O) groups is 1. The van der Waals surface area contributed by atoms with Crippen LogP contribution in [0, 0.1) is 5.82 Å². The lowest BCUT2D eigenvalue weighted by molar-refractivity contribution is 0.0335. The molecule has 4 aromatic rings. The molecule has 5 rings (SSSR count). The number of hydrazone groups is 1. The van der Waals surface area contributed by atoms with Crippen molar-refractivity contribution >= 4 is 33.9 Å². The zero-order chi connectivity index (χ0) is 27.2. The molecule has 1 amide bonds. The Morgan fingerprint density at radius 3 is 2.85 bits per heavy atom. The molecule has 39 heavy (non-hydrogen) atoms. The third-order valence-corrected chi connectivity index (χ3v) is 6.25. The molecule has 1 aliphatic rings. The molecule has 2 aromatic carbocycles. The highest BCUT2D eigenvalue weighted by Gasteiger charge is 2.26. The van der Waals surface area contributed by atoms with Gasteiger partial charge in [-0.3, -0.25) is 9.69 Å². The molecular weight excluding hydrogens is 577 g/mol. The van der Waals surface area contributed by atoms with E-state index in [1.165, 1.54) is 23.0 Å². The van der Waals surface area contributed by atoms with E-state index in [9.17, 15) is 9.18 Å². The third kappa shape index (κ3) is 6.45. The fourth-order valence-corrected chi connectivity index (χ4v) is 4.24. The Bertz CT molecular complexity index is 1490. The topological polar surface area (TPSA) is 159 Å². The minimum atomic E-state index is -0.598. The van der Waals surface area contributed by atoms with Gasteiger partial charge in [-0.1, -0.05) is 33.3 Å². The van der Waals surface area contributed by atoms with Crippen molar-refractivity contribution in [3.05, 3.63) is 75.3 Å². The molecule has 3 N–H and O–H groups in total. The van der Waals surface area contributed by atoms with Crippen LogP contribution in [-0.4, -0.2) is 68.6 Å². The van der Waals surface area contributed by atoms with Gasteiger partial charge in [0.25, 0.3) is 5.91 Å². The van der Waals surface area contributed by atoms with Crippen LogP contribution < -0.4 is 15.9 Å². The monoisotopic (exact) mass is 599 g/mol. The van der Waals surface area contributed by atoms with Crippen molar-refractivity contribution in [1.29, 1.82) is 0 Å². The number of amides is 1. The molecule has 2 aromatic heterocycles. The van der Waals surface area contributed by atoms with E-state index in [1.807, 2.05) is 0 Å². The number of hydrogen-bond donors (Lipinski definition) is 2. The van der Waals surface area contributed by atoms with E-state index in [0.29, 0.717) is 55.4 Å². The maximum absolute atomic E-state index is 13.5. The van der Waals surface area contributed by atoms with Gasteiger partial charge in [-0.25, -0.2) is 14.4 Å². The summed E-state index contributed by atoms with van der Waals surface area (Å²) < 4.78 is 31.4. The number of benzene rings is 2. The zero-order valence-electron chi connectivity index (χ0n) is 20.5. The molecule has 1 aliphatic heterocycles. The number of nitrogens with zero attached hydrogens (tertiary/aromatic N) is 7. The molecule has 202 valence electrons. The number of halogens is 2. The predicted molar refractivity (Wildman–Crippen MR) is 140 cm³/mol. The van der Waals surface area contributed by atoms with Crippen LogP contribution >= 0.6 is 15.9 Å². The van der Waals surface area contributed by atoms with Gasteiger partial charge in [-0.15, -0.1) is 5.10 Å². The van der Waals surface area contributed by atoms with Crippen LogP contribution in [0.15, 0.2) is 56.7 Å². The smallest absolute Gasteiger partial charge is 0.292 e. The molecule has 0 aliphatic carbocycles. The van der Waals surface area contributed by atoms with Gasteiger partial charge >= 0.3 is 0 Å². The molecular formula is C24H23BrFN9O4. The fourth-order valence-electron chi connectivity index (χ4n) is 3.86. The van der Waals surface area contributed by atoms with Crippen LogP contribution in [0.2, 0.25) is 0 Å². The van der Waals surface area contributed by atoms with Crippen molar-refractivity contribution in [2.45, 2.75) is 13.2 Å². The summed E-state index contributed by atoms with van der Waals surface area (Å²) in [4.78, 5) is 15.4. The number of nitrogen functional groups attached to an aromatic ring is 1. The van der Waals surface area contributed by atoms with Crippen molar-refractivity contribution in [1.82, 2.24) is 35.6 Å². The Labute approximate surface area is 229 Å². The van der Waals surface area contributed by atoms with Gasteiger partial charge in [-0.2, -0.15) is 9.78 Å². The molecule has 0 bridgehead atoms. The van der Waals surface area contributed by atoms with Gasteiger partial charge in [0.15, 0.2) is 5.69 Å². The molecule has 0 atom stereocenters. The van der Waals surface area contributed by atoms with Gasteiger partial charge in [0.1, 0.15) is 23.9 Å². The second-order valence-electron chi connectivity index (χ2n) is 8.46. The summed E-state index contributed by atoms with van der Waals surface area (Å²) in [5.41, 5.74) is 10.1. The summed E-state index contributed by atoms with van der Waals surface area (Å²) in [5.74, 6) is -0.475. The molecule has 3 heterocycles. The first-order chi connectivity index (χ1) is 19.0. The van der Waals surface area contributed by atoms with Crippen molar-refractivity contribution < 1.29 is 23.3 Å². The standard InChI is InChI=1S/C24H23BrFN9O4/c25-17-4-5-20(38-14-15-2-1-3-18(26)10-15)16(11-17)12-28-30-24(36)21-19(13-34-6-8-37-9-7-34)29-33-35(21)23-22(27)31-39-32-23/h1-5,10-12H,6-9,13-14H2,(H2,27,31)(H,30,36)/b28-12+. The molecule has 0 saturated carbocycles. The highest BCUT2D eigenvalue weighted by atomic mass is 79.9. The zero-order valence-corrected chi connectivity index (χ0v) is 22.0. The number of anilines is 1. The van der Waals surface area contributed by atoms with Crippen LogP contribution in [0.4, 0.5) is 10.2 Å². The lowest BCUT2D eigenvalue weighted by atomic mass is 10.2. The van der Waals surface area contributed by atoms with Crippen molar-refractivity contribution in [3.8, 4) is 11.6 Å². The van der Waals surface area contributed by atoms with Gasteiger partial charge < -0.3 is 15.2 Å². The van der Waals surface area contributed by atoms with Crippen LogP contribution in [0.25, 0.3) is 5.82 Å². The molecule has 15 heteroatoms. The average molecular weight is 600 g/mol. The molecule has 1 fully saturated rings. The van der Waals surface area contributed by atoms with E-state index in [4.69, 9.17) is 15.2 Å². The molecule has 0 unspecified atom stereocenters. The summed E-state index contributed by atoms with van der Waals surface area (Å²) in [6, 6.07) is 11.5. The Morgan fingerprint density at radius 2 is 2.08 bits per heavy atom. The van der Waals surface area contributed by atoms with Crippen LogP contribution in [-0.2, 0) is 17.9 Å². The molecule has 1 saturated heterocycles. The fraction of sp³-hybridized carbons (Fsp3) is 0.250. The summed E-state index contributed by atoms with van der Waals surface area (Å²) >= 11 is 3.43. The van der Waals surface area contributed by atoms with Crippen LogP contribution in [0.5, 0.6) is 5.75 Å². The largest absolute Gasteiger partial charge is 0.488 e. The summed E-state index contributed by atoms with van der Waals surface area (Å²) in [6.45, 7) is 3.02. The number of carbonyl (C=O) groups excluding carboxylic acids is 1. The maximum atomic E-state index is 13.5. The highest BCUT2D eigenvalue weighted by Crippen LogP contribution is 2.23. The SMILES string of the molecule is Nc1nonc1-n1nnc(CN2CCOCC2)c1C(=O)N/N=C/c1cc(Br)ccc1OCc1cccc(F)c1. The second kappa shape index (κ2) is 12.1. The summed E-state index contributed by atoms with van der Waals surface area (Å²) in [7, 11) is 0. The minimum absolute atomic E-state index is 0.0323. The van der Waals surface area contributed by atoms with E-state index < -0.39 is 5.91 Å². The van der Waals surface area contributed by atoms with Gasteiger partial charge in [0.2, 0.25) is 11.6 Å². The first-order valence-corrected chi connectivity index (χ1v) is 12.6. The minimum Gasteiger partial charge on any atom is -0.488 e. The van der Waals surface area contributed by atoms with Gasteiger partial charge in [0, 0.05) is 29.7 Å². The number of nitrogens with one attached hydrogen (secondary N) is 1. The Balaban J connectivity index is 1.35. The normalized spacial score (nSPS) is 14.1. The number of morpholine rings is 1. The number of rotatable bonds is 9. The van der Waals surface area contributed by atoms with E-state index in [2.05, 4.69) is 56.6 Å². The third-order valence-electron chi connectivity index (χ3n) is 5.75. The second-order valence-corrected chi connectivity index (χ2v) is 9.37. The average Bonchev–Trinajstić information content (AvgIpc) is 3.54. The van der Waals surface area contributed by atoms with E-state index in [-0.39, 0.29) is 29.8 Å². The lowest BCUT2D eigenvalue weighted by Gasteiger charge is -2.25. The van der Waals surface area contributed by atoms with Gasteiger partial charge in [-0.05, 0) is 46.2 Å². The summed E-state index contributed by atoms with van der Waals surface area (Å²) in [5, 5.41) is 19.7. The first kappa shape index (κ1) is 26.4. The van der Waals surface area contributed by atoms with Gasteiger partial charge in [0.05, 0.1) is 19.4 Å². The quantitative estimate of drug-likeness (QED) is 0.216. The van der Waals surface area contributed by atoms with E-state index >= 15 is 0 Å².